The Kier molecular flexibility index (Phi) is 4.25. The molecule has 1 heterocycles. The summed E-state index contributed by atoms with van der Waals surface area (Å²) in [6.45, 7) is 4.57. The molecule has 0 bridgehead atoms. The van der Waals surface area contributed by atoms with Crippen LogP contribution in [0.2, 0.25) is 0 Å². The summed E-state index contributed by atoms with van der Waals surface area (Å²) in [6, 6.07) is 6.07. The molecule has 1 aromatic rings. The van der Waals surface area contributed by atoms with Crippen LogP contribution in [0.5, 0.6) is 11.5 Å². The average molecular weight is 266 g/mol. The Morgan fingerprint density at radius 3 is 2.94 bits per heavy atom. The van der Waals surface area contributed by atoms with E-state index in [0.717, 1.165) is 30.0 Å². The SMILES string of the molecule is CCC[C@H](C)NC(=S)Nc1ccc2c(c1)OCO2. The number of thiocarbonyl (C=S) groups is 1. The standard InChI is InChI=1S/C13H18N2O2S/c1-3-4-9(2)14-13(18)15-10-5-6-11-12(7-10)17-8-16-11/h5-7,9H,3-4,8H2,1-2H3,(H2,14,15,18)/t9-/m0/s1. The topological polar surface area (TPSA) is 42.5 Å². The van der Waals surface area contributed by atoms with Gasteiger partial charge < -0.3 is 20.1 Å². The highest BCUT2D eigenvalue weighted by Gasteiger charge is 2.13. The minimum atomic E-state index is 0.287. The van der Waals surface area contributed by atoms with E-state index in [1.807, 2.05) is 18.2 Å². The van der Waals surface area contributed by atoms with Crippen LogP contribution in [0.3, 0.4) is 0 Å². The molecule has 4 nitrogen and oxygen atoms in total. The van der Waals surface area contributed by atoms with Crippen molar-refractivity contribution in [2.45, 2.75) is 32.7 Å². The smallest absolute Gasteiger partial charge is 0.231 e. The van der Waals surface area contributed by atoms with Gasteiger partial charge in [-0.1, -0.05) is 13.3 Å². The van der Waals surface area contributed by atoms with Crippen molar-refractivity contribution < 1.29 is 9.47 Å². The number of nitrogens with one attached hydrogen (secondary N) is 2. The largest absolute Gasteiger partial charge is 0.454 e. The van der Waals surface area contributed by atoms with Gasteiger partial charge in [-0.2, -0.15) is 0 Å². The molecule has 0 spiro atoms. The van der Waals surface area contributed by atoms with E-state index in [2.05, 4.69) is 24.5 Å². The van der Waals surface area contributed by atoms with E-state index in [0.29, 0.717) is 11.2 Å². The van der Waals surface area contributed by atoms with Crippen LogP contribution in [-0.2, 0) is 0 Å². The van der Waals surface area contributed by atoms with Gasteiger partial charge in [0.25, 0.3) is 0 Å². The van der Waals surface area contributed by atoms with Crippen molar-refractivity contribution in [2.75, 3.05) is 12.1 Å². The highest BCUT2D eigenvalue weighted by atomic mass is 32.1. The van der Waals surface area contributed by atoms with Gasteiger partial charge in [0.1, 0.15) is 0 Å². The zero-order valence-corrected chi connectivity index (χ0v) is 11.5. The first-order chi connectivity index (χ1) is 8.69. The van der Waals surface area contributed by atoms with E-state index in [-0.39, 0.29) is 6.79 Å². The van der Waals surface area contributed by atoms with Gasteiger partial charge in [-0.05, 0) is 37.7 Å². The summed E-state index contributed by atoms with van der Waals surface area (Å²) < 4.78 is 10.6. The fourth-order valence-corrected chi connectivity index (χ4v) is 2.19. The maximum atomic E-state index is 5.31. The number of rotatable bonds is 4. The molecular formula is C13H18N2O2S. The fraction of sp³-hybridized carbons (Fsp3) is 0.462. The van der Waals surface area contributed by atoms with E-state index in [1.54, 1.807) is 0 Å². The van der Waals surface area contributed by atoms with Gasteiger partial charge in [0.15, 0.2) is 16.6 Å². The molecule has 0 aromatic heterocycles. The number of anilines is 1. The van der Waals surface area contributed by atoms with Crippen LogP contribution in [0.1, 0.15) is 26.7 Å². The maximum Gasteiger partial charge on any atom is 0.231 e. The van der Waals surface area contributed by atoms with Crippen LogP contribution >= 0.6 is 12.2 Å². The molecule has 18 heavy (non-hydrogen) atoms. The van der Waals surface area contributed by atoms with Gasteiger partial charge in [0.05, 0.1) is 0 Å². The molecule has 1 aliphatic rings. The third-order valence-electron chi connectivity index (χ3n) is 2.73. The van der Waals surface area contributed by atoms with E-state index in [9.17, 15) is 0 Å². The van der Waals surface area contributed by atoms with Crippen molar-refractivity contribution in [3.8, 4) is 11.5 Å². The molecule has 0 fully saturated rings. The van der Waals surface area contributed by atoms with E-state index < -0.39 is 0 Å². The van der Waals surface area contributed by atoms with Crippen LogP contribution in [-0.4, -0.2) is 17.9 Å². The Labute approximate surface area is 113 Å². The van der Waals surface area contributed by atoms with E-state index >= 15 is 0 Å². The summed E-state index contributed by atoms with van der Waals surface area (Å²) >= 11 is 5.26. The Hall–Kier alpha value is -1.49. The van der Waals surface area contributed by atoms with Crippen molar-refractivity contribution in [2.24, 2.45) is 0 Å². The molecular weight excluding hydrogens is 248 g/mol. The molecule has 2 N–H and O–H groups in total. The second kappa shape index (κ2) is 5.91. The molecule has 0 saturated heterocycles. The van der Waals surface area contributed by atoms with Gasteiger partial charge in [-0.25, -0.2) is 0 Å². The molecule has 2 rings (SSSR count). The number of hydrogen-bond acceptors (Lipinski definition) is 3. The van der Waals surface area contributed by atoms with E-state index in [1.165, 1.54) is 0 Å². The average Bonchev–Trinajstić information content (AvgIpc) is 2.76. The van der Waals surface area contributed by atoms with Crippen LogP contribution in [0.4, 0.5) is 5.69 Å². The Morgan fingerprint density at radius 1 is 1.39 bits per heavy atom. The lowest BCUT2D eigenvalue weighted by Crippen LogP contribution is -2.35. The Balaban J connectivity index is 1.91. The molecule has 1 aromatic carbocycles. The third kappa shape index (κ3) is 3.26. The van der Waals surface area contributed by atoms with E-state index in [4.69, 9.17) is 21.7 Å². The van der Waals surface area contributed by atoms with Crippen molar-refractivity contribution in [1.82, 2.24) is 5.32 Å². The van der Waals surface area contributed by atoms with Crippen molar-refractivity contribution in [1.29, 1.82) is 0 Å². The maximum absolute atomic E-state index is 5.31. The summed E-state index contributed by atoms with van der Waals surface area (Å²) in [5.74, 6) is 1.53. The Bertz CT molecular complexity index is 437. The van der Waals surface area contributed by atoms with Crippen LogP contribution in [0.15, 0.2) is 18.2 Å². The summed E-state index contributed by atoms with van der Waals surface area (Å²) in [4.78, 5) is 0. The fourth-order valence-electron chi connectivity index (χ4n) is 1.87. The second-order valence-electron chi connectivity index (χ2n) is 4.36. The van der Waals surface area contributed by atoms with Gasteiger partial charge in [0.2, 0.25) is 6.79 Å². The lowest BCUT2D eigenvalue weighted by atomic mass is 10.2. The lowest BCUT2D eigenvalue weighted by Gasteiger charge is -2.16. The quantitative estimate of drug-likeness (QED) is 0.820. The highest BCUT2D eigenvalue weighted by molar-refractivity contribution is 7.80. The monoisotopic (exact) mass is 266 g/mol. The first-order valence-electron chi connectivity index (χ1n) is 6.16. The Morgan fingerprint density at radius 2 is 2.17 bits per heavy atom. The number of ether oxygens (including phenoxy) is 2. The molecule has 5 heteroatoms. The van der Waals surface area contributed by atoms with Crippen molar-refractivity contribution >= 4 is 23.0 Å². The first-order valence-corrected chi connectivity index (χ1v) is 6.57. The van der Waals surface area contributed by atoms with Crippen molar-refractivity contribution in [3.63, 3.8) is 0 Å². The van der Waals surface area contributed by atoms with Crippen LogP contribution < -0.4 is 20.1 Å². The van der Waals surface area contributed by atoms with Gasteiger partial charge >= 0.3 is 0 Å². The summed E-state index contributed by atoms with van der Waals surface area (Å²) in [5, 5.41) is 7.03. The number of hydrogen-bond donors (Lipinski definition) is 2. The second-order valence-corrected chi connectivity index (χ2v) is 4.76. The predicted molar refractivity (Wildman–Crippen MR) is 76.3 cm³/mol. The van der Waals surface area contributed by atoms with Crippen LogP contribution in [0, 0.1) is 0 Å². The third-order valence-corrected chi connectivity index (χ3v) is 2.95. The molecule has 0 saturated carbocycles. The van der Waals surface area contributed by atoms with Gasteiger partial charge in [0, 0.05) is 17.8 Å². The normalized spacial score (nSPS) is 14.1. The van der Waals surface area contributed by atoms with Crippen molar-refractivity contribution in [3.05, 3.63) is 18.2 Å². The number of fused-ring (bicyclic) bond motifs is 1. The minimum Gasteiger partial charge on any atom is -0.454 e. The molecule has 98 valence electrons. The molecule has 0 aliphatic carbocycles. The zero-order chi connectivity index (χ0) is 13.0. The molecule has 0 amide bonds. The highest BCUT2D eigenvalue weighted by Crippen LogP contribution is 2.34. The molecule has 0 radical (unpaired) electrons. The summed E-state index contributed by atoms with van der Waals surface area (Å²) in [7, 11) is 0. The zero-order valence-electron chi connectivity index (χ0n) is 10.7. The summed E-state index contributed by atoms with van der Waals surface area (Å²) in [5.41, 5.74) is 0.903. The molecule has 0 unspecified atom stereocenters. The predicted octanol–water partition coefficient (Wildman–Crippen LogP) is 2.89. The van der Waals surface area contributed by atoms with Crippen LogP contribution in [0.25, 0.3) is 0 Å². The van der Waals surface area contributed by atoms with Gasteiger partial charge in [-0.3, -0.25) is 0 Å². The lowest BCUT2D eigenvalue weighted by molar-refractivity contribution is 0.174. The summed E-state index contributed by atoms with van der Waals surface area (Å²) in [6.07, 6.45) is 2.24. The number of benzene rings is 1. The molecule has 1 atom stereocenters. The first kappa shape index (κ1) is 13.0. The molecule has 1 aliphatic heterocycles. The van der Waals surface area contributed by atoms with Gasteiger partial charge in [-0.15, -0.1) is 0 Å². The minimum absolute atomic E-state index is 0.287.